The van der Waals surface area contributed by atoms with Gasteiger partial charge >= 0.3 is 19.4 Å². The van der Waals surface area contributed by atoms with E-state index in [-0.39, 0.29) is 42.4 Å². The van der Waals surface area contributed by atoms with Crippen LogP contribution in [0.1, 0.15) is 46.4 Å². The number of anilines is 1. The van der Waals surface area contributed by atoms with Crippen molar-refractivity contribution in [3.63, 3.8) is 0 Å². The summed E-state index contributed by atoms with van der Waals surface area (Å²) in [4.78, 5) is 41.7. The molecule has 15 nitrogen and oxygen atoms in total. The Morgan fingerprint density at radius 1 is 1.24 bits per heavy atom. The van der Waals surface area contributed by atoms with Gasteiger partial charge in [-0.1, -0.05) is 55.9 Å². The van der Waals surface area contributed by atoms with Crippen LogP contribution < -0.4 is 22.2 Å². The molecule has 0 saturated carbocycles. The van der Waals surface area contributed by atoms with Gasteiger partial charge in [0, 0.05) is 18.5 Å². The number of thioether (sulfide) groups is 1. The van der Waals surface area contributed by atoms with E-state index in [1.54, 1.807) is 52.0 Å². The fourth-order valence-electron chi connectivity index (χ4n) is 4.28. The Bertz CT molecular complexity index is 1440. The SMILES string of the molecule is CC(C)C(N)C(=O)OC1[C@@H](COP(=O)(NCc2ccccc2)OCCSC(=O)C(C)(C)CO)O[C@@H](n2ccc(N)nc2=O)[C@@]1(C)O. The number of aromatic nitrogens is 2. The Morgan fingerprint density at radius 2 is 1.91 bits per heavy atom. The van der Waals surface area contributed by atoms with Crippen molar-refractivity contribution in [3.8, 4) is 0 Å². The molecule has 1 aliphatic rings. The zero-order valence-electron chi connectivity index (χ0n) is 26.5. The normalized spacial score (nSPS) is 23.6. The summed E-state index contributed by atoms with van der Waals surface area (Å²) >= 11 is 0.916. The first-order chi connectivity index (χ1) is 21.5. The highest BCUT2D eigenvalue weighted by atomic mass is 32.2. The molecule has 17 heteroatoms. The van der Waals surface area contributed by atoms with Crippen LogP contribution in [0.4, 0.5) is 5.82 Å². The first kappa shape index (κ1) is 37.8. The van der Waals surface area contributed by atoms with E-state index in [1.807, 2.05) is 6.07 Å². The lowest BCUT2D eigenvalue weighted by Crippen LogP contribution is -2.51. The summed E-state index contributed by atoms with van der Waals surface area (Å²) in [6.45, 7) is 7.02. The molecule has 0 spiro atoms. The van der Waals surface area contributed by atoms with Crippen molar-refractivity contribution in [1.29, 1.82) is 0 Å². The monoisotopic (exact) mass is 685 g/mol. The number of hydrogen-bond acceptors (Lipinski definition) is 14. The maximum Gasteiger partial charge on any atom is 0.405 e. The van der Waals surface area contributed by atoms with Gasteiger partial charge in [0.1, 0.15) is 23.6 Å². The third-order valence-electron chi connectivity index (χ3n) is 7.31. The van der Waals surface area contributed by atoms with Crippen molar-refractivity contribution >= 4 is 36.4 Å². The second kappa shape index (κ2) is 16.0. The first-order valence-corrected chi connectivity index (χ1v) is 17.2. The third kappa shape index (κ3) is 9.69. The number of aliphatic hydroxyl groups excluding tert-OH is 1. The molecular weight excluding hydrogens is 641 g/mol. The predicted molar refractivity (Wildman–Crippen MR) is 171 cm³/mol. The second-order valence-corrected chi connectivity index (χ2v) is 14.9. The lowest BCUT2D eigenvalue weighted by atomic mass is 9.95. The molecule has 0 aliphatic carbocycles. The number of carbonyl (C=O) groups excluding carboxylic acids is 2. The number of nitrogens with zero attached hydrogens (tertiary/aromatic N) is 2. The molecule has 7 N–H and O–H groups in total. The maximum atomic E-state index is 14.0. The van der Waals surface area contributed by atoms with Gasteiger partial charge in [0.2, 0.25) is 0 Å². The number of ether oxygens (including phenoxy) is 2. The van der Waals surface area contributed by atoms with Crippen molar-refractivity contribution in [1.82, 2.24) is 14.6 Å². The number of benzene rings is 1. The number of nitrogens with two attached hydrogens (primary N) is 2. The molecule has 0 radical (unpaired) electrons. The van der Waals surface area contributed by atoms with E-state index in [1.165, 1.54) is 19.2 Å². The number of carbonyl (C=O) groups is 2. The molecule has 1 aromatic carbocycles. The van der Waals surface area contributed by atoms with Gasteiger partial charge in [0.05, 0.1) is 25.2 Å². The minimum atomic E-state index is -4.14. The zero-order valence-corrected chi connectivity index (χ0v) is 28.2. The predicted octanol–water partition coefficient (Wildman–Crippen LogP) is 1.58. The van der Waals surface area contributed by atoms with Gasteiger partial charge in [-0.2, -0.15) is 4.98 Å². The smallest absolute Gasteiger partial charge is 0.405 e. The van der Waals surface area contributed by atoms with Gasteiger partial charge in [0.25, 0.3) is 0 Å². The molecule has 46 heavy (non-hydrogen) atoms. The molecule has 2 heterocycles. The average Bonchev–Trinajstić information content (AvgIpc) is 3.25. The van der Waals surface area contributed by atoms with Crippen LogP contribution >= 0.6 is 19.5 Å². The van der Waals surface area contributed by atoms with E-state index in [0.29, 0.717) is 0 Å². The molecule has 0 amide bonds. The molecule has 256 valence electrons. The molecule has 0 bridgehead atoms. The van der Waals surface area contributed by atoms with Crippen LogP contribution in [-0.2, 0) is 39.2 Å². The van der Waals surface area contributed by atoms with E-state index < -0.39 is 61.5 Å². The van der Waals surface area contributed by atoms with Crippen molar-refractivity contribution in [2.75, 3.05) is 31.3 Å². The van der Waals surface area contributed by atoms with E-state index in [0.717, 1.165) is 21.9 Å². The van der Waals surface area contributed by atoms with E-state index in [2.05, 4.69) is 10.1 Å². The number of esters is 1. The van der Waals surface area contributed by atoms with E-state index in [4.69, 9.17) is 30.0 Å². The lowest BCUT2D eigenvalue weighted by Gasteiger charge is -2.31. The van der Waals surface area contributed by atoms with Crippen LogP contribution in [0.25, 0.3) is 0 Å². The zero-order chi connectivity index (χ0) is 34.3. The van der Waals surface area contributed by atoms with Crippen LogP contribution in [0, 0.1) is 11.3 Å². The topological polar surface area (TPSA) is 228 Å². The summed E-state index contributed by atoms with van der Waals surface area (Å²) in [7, 11) is -4.14. The summed E-state index contributed by atoms with van der Waals surface area (Å²) in [5.74, 6) is -1.06. The quantitative estimate of drug-likeness (QED) is 0.0960. The van der Waals surface area contributed by atoms with Crippen molar-refractivity contribution < 1.29 is 42.9 Å². The van der Waals surface area contributed by atoms with Gasteiger partial charge in [-0.25, -0.2) is 14.4 Å². The molecule has 1 aliphatic heterocycles. The summed E-state index contributed by atoms with van der Waals surface area (Å²) < 4.78 is 38.0. The number of nitrogens with one attached hydrogen (secondary N) is 1. The molecular formula is C29H44N5O10PS. The van der Waals surface area contributed by atoms with Gasteiger partial charge in [-0.05, 0) is 38.3 Å². The summed E-state index contributed by atoms with van der Waals surface area (Å²) in [5, 5.41) is 23.6. The average molecular weight is 686 g/mol. The number of rotatable bonds is 16. The highest BCUT2D eigenvalue weighted by molar-refractivity contribution is 8.13. The van der Waals surface area contributed by atoms with Crippen LogP contribution in [0.2, 0.25) is 0 Å². The van der Waals surface area contributed by atoms with Gasteiger partial charge in [-0.15, -0.1) is 0 Å². The minimum absolute atomic E-state index is 0.0491. The Morgan fingerprint density at radius 3 is 2.52 bits per heavy atom. The van der Waals surface area contributed by atoms with E-state index >= 15 is 0 Å². The third-order valence-corrected chi connectivity index (χ3v) is 10.1. The van der Waals surface area contributed by atoms with Gasteiger partial charge in [0.15, 0.2) is 17.4 Å². The number of aliphatic hydroxyl groups is 2. The second-order valence-electron chi connectivity index (χ2n) is 12.0. The Labute approximate surface area is 271 Å². The molecule has 2 aromatic rings. The highest BCUT2D eigenvalue weighted by Crippen LogP contribution is 2.47. The standard InChI is InChI=1S/C29H44N5O10PS/c1-18(2)22(31)24(36)44-23-20(43-25(29(23,5)39)34-12-11-21(30)33-27(34)38)16-42-45(40,32-15-19-9-7-6-8-10-19)41-13-14-46-26(37)28(3,4)17-35/h6-12,18,20,22-23,25,35,39H,13-17,31H2,1-5H3,(H,32,40)(H2,30,33,38)/t20-,22?,23?,25-,29+,45?/m1/s1. The molecule has 6 atom stereocenters. The number of hydrogen-bond donors (Lipinski definition) is 5. The van der Waals surface area contributed by atoms with Crippen LogP contribution in [0.3, 0.4) is 0 Å². The maximum absolute atomic E-state index is 14.0. The lowest BCUT2D eigenvalue weighted by molar-refractivity contribution is -0.166. The van der Waals surface area contributed by atoms with Crippen LogP contribution in [-0.4, -0.2) is 80.3 Å². The van der Waals surface area contributed by atoms with Crippen LogP contribution in [0.15, 0.2) is 47.4 Å². The number of nitrogen functional groups attached to an aromatic ring is 1. The molecule has 3 unspecified atom stereocenters. The van der Waals surface area contributed by atoms with Crippen LogP contribution in [0.5, 0.6) is 0 Å². The Hall–Kier alpha value is -2.66. The van der Waals surface area contributed by atoms with E-state index in [9.17, 15) is 29.2 Å². The molecule has 1 aromatic heterocycles. The van der Waals surface area contributed by atoms with Gasteiger partial charge < -0.3 is 31.2 Å². The van der Waals surface area contributed by atoms with Crippen molar-refractivity contribution in [2.45, 2.75) is 71.2 Å². The molecule has 1 fully saturated rings. The van der Waals surface area contributed by atoms with Crippen molar-refractivity contribution in [2.24, 2.45) is 17.1 Å². The summed E-state index contributed by atoms with van der Waals surface area (Å²) in [6, 6.07) is 9.34. The van der Waals surface area contributed by atoms with Gasteiger partial charge in [-0.3, -0.25) is 23.2 Å². The first-order valence-electron chi connectivity index (χ1n) is 14.7. The fraction of sp³-hybridized carbons (Fsp3) is 0.586. The Balaban J connectivity index is 1.84. The fourth-order valence-corrected chi connectivity index (χ4v) is 6.52. The molecule has 1 saturated heterocycles. The highest BCUT2D eigenvalue weighted by Gasteiger charge is 2.57. The van der Waals surface area contributed by atoms with Crippen molar-refractivity contribution in [3.05, 3.63) is 58.6 Å². The minimum Gasteiger partial charge on any atom is -0.455 e. The summed E-state index contributed by atoms with van der Waals surface area (Å²) in [5.41, 5.74) is 8.59. The summed E-state index contributed by atoms with van der Waals surface area (Å²) in [6.07, 6.45) is -2.83. The largest absolute Gasteiger partial charge is 0.455 e. The Kier molecular flexibility index (Phi) is 13.1. The molecule has 3 rings (SSSR count).